The van der Waals surface area contributed by atoms with Crippen molar-refractivity contribution in [1.29, 1.82) is 0 Å². The molecular weight excluding hydrogens is 368 g/mol. The zero-order chi connectivity index (χ0) is 20.9. The van der Waals surface area contributed by atoms with E-state index < -0.39 is 5.41 Å². The molecule has 6 heteroatoms. The van der Waals surface area contributed by atoms with Crippen LogP contribution in [0, 0.1) is 5.41 Å². The molecule has 1 atom stereocenters. The average Bonchev–Trinajstić information content (AvgIpc) is 3.18. The summed E-state index contributed by atoms with van der Waals surface area (Å²) in [6.45, 7) is 1.28. The number of ether oxygens (including phenoxy) is 2. The first-order valence-corrected chi connectivity index (χ1v) is 9.78. The summed E-state index contributed by atoms with van der Waals surface area (Å²) < 4.78 is 10.4. The van der Waals surface area contributed by atoms with Crippen molar-refractivity contribution in [3.8, 4) is 16.9 Å². The largest absolute Gasteiger partial charge is 0.496 e. The van der Waals surface area contributed by atoms with Crippen LogP contribution in [-0.4, -0.2) is 50.6 Å². The highest BCUT2D eigenvalue weighted by molar-refractivity contribution is 5.84. The van der Waals surface area contributed by atoms with Gasteiger partial charge >= 0.3 is 0 Å². The number of likely N-dealkylation sites (tertiary alicyclic amines) is 1. The second-order valence-electron chi connectivity index (χ2n) is 7.53. The SMILES string of the molecule is COCCC(=O)N1CC[C@@](Cc2ccc(-c3ccccc3OC)cc2)(C(N)=O)C1. The molecule has 1 aliphatic rings. The molecule has 2 aromatic carbocycles. The lowest BCUT2D eigenvalue weighted by atomic mass is 9.80. The van der Waals surface area contributed by atoms with Crippen LogP contribution in [0.4, 0.5) is 0 Å². The molecule has 2 N–H and O–H groups in total. The zero-order valence-corrected chi connectivity index (χ0v) is 17.0. The smallest absolute Gasteiger partial charge is 0.225 e. The number of nitrogens with zero attached hydrogens (tertiary/aromatic N) is 1. The minimum Gasteiger partial charge on any atom is -0.496 e. The summed E-state index contributed by atoms with van der Waals surface area (Å²) in [5, 5.41) is 0. The highest BCUT2D eigenvalue weighted by atomic mass is 16.5. The second kappa shape index (κ2) is 9.09. The van der Waals surface area contributed by atoms with E-state index in [1.807, 2.05) is 48.5 Å². The van der Waals surface area contributed by atoms with Gasteiger partial charge in [0, 0.05) is 25.8 Å². The van der Waals surface area contributed by atoms with Crippen LogP contribution < -0.4 is 10.5 Å². The van der Waals surface area contributed by atoms with Gasteiger partial charge in [-0.15, -0.1) is 0 Å². The normalized spacial score (nSPS) is 18.6. The minimum atomic E-state index is -0.727. The van der Waals surface area contributed by atoms with Crippen LogP contribution in [0.5, 0.6) is 5.75 Å². The Kier molecular flexibility index (Phi) is 6.54. The standard InChI is InChI=1S/C23H28N2O4/c1-28-14-11-21(26)25-13-12-23(16-25,22(24)27)15-17-7-9-18(10-8-17)19-5-3-4-6-20(19)29-2/h3-10H,11-16H2,1-2H3,(H2,24,27)/t23-/m0/s1. The van der Waals surface area contributed by atoms with E-state index in [9.17, 15) is 9.59 Å². The molecule has 0 spiro atoms. The number of para-hydroxylation sites is 1. The molecule has 0 radical (unpaired) electrons. The third-order valence-electron chi connectivity index (χ3n) is 5.66. The maximum atomic E-state index is 12.3. The summed E-state index contributed by atoms with van der Waals surface area (Å²) in [7, 11) is 3.23. The Morgan fingerprint density at radius 3 is 2.48 bits per heavy atom. The van der Waals surface area contributed by atoms with Crippen molar-refractivity contribution in [1.82, 2.24) is 4.90 Å². The fourth-order valence-electron chi connectivity index (χ4n) is 3.94. The summed E-state index contributed by atoms with van der Waals surface area (Å²) >= 11 is 0. The predicted octanol–water partition coefficient (Wildman–Crippen LogP) is 2.65. The fraction of sp³-hybridized carbons (Fsp3) is 0.391. The monoisotopic (exact) mass is 396 g/mol. The molecule has 6 nitrogen and oxygen atoms in total. The molecule has 0 saturated carbocycles. The molecule has 3 rings (SSSR count). The summed E-state index contributed by atoms with van der Waals surface area (Å²) in [5.74, 6) is 0.463. The van der Waals surface area contributed by atoms with Crippen LogP contribution in [0.2, 0.25) is 0 Å². The number of hydrogen-bond acceptors (Lipinski definition) is 4. The van der Waals surface area contributed by atoms with Crippen LogP contribution in [-0.2, 0) is 20.7 Å². The molecule has 1 fully saturated rings. The van der Waals surface area contributed by atoms with Crippen molar-refractivity contribution in [2.75, 3.05) is 33.9 Å². The van der Waals surface area contributed by atoms with E-state index in [0.717, 1.165) is 22.4 Å². The topological polar surface area (TPSA) is 81.9 Å². The second-order valence-corrected chi connectivity index (χ2v) is 7.53. The lowest BCUT2D eigenvalue weighted by molar-refractivity contribution is -0.132. The molecule has 1 saturated heterocycles. The lowest BCUT2D eigenvalue weighted by Crippen LogP contribution is -2.42. The van der Waals surface area contributed by atoms with Gasteiger partial charge in [0.2, 0.25) is 11.8 Å². The van der Waals surface area contributed by atoms with Crippen LogP contribution in [0.25, 0.3) is 11.1 Å². The Morgan fingerprint density at radius 2 is 1.83 bits per heavy atom. The Labute approximate surface area is 171 Å². The van der Waals surface area contributed by atoms with Crippen molar-refractivity contribution in [3.63, 3.8) is 0 Å². The average molecular weight is 396 g/mol. The quantitative estimate of drug-likeness (QED) is 0.744. The van der Waals surface area contributed by atoms with E-state index in [1.165, 1.54) is 0 Å². The predicted molar refractivity (Wildman–Crippen MR) is 111 cm³/mol. The van der Waals surface area contributed by atoms with Crippen LogP contribution >= 0.6 is 0 Å². The van der Waals surface area contributed by atoms with Crippen LogP contribution in [0.1, 0.15) is 18.4 Å². The van der Waals surface area contributed by atoms with E-state index in [-0.39, 0.29) is 11.8 Å². The summed E-state index contributed by atoms with van der Waals surface area (Å²) in [4.78, 5) is 26.4. The van der Waals surface area contributed by atoms with Gasteiger partial charge < -0.3 is 20.1 Å². The first kappa shape index (κ1) is 20.9. The molecule has 0 bridgehead atoms. The highest BCUT2D eigenvalue weighted by Crippen LogP contribution is 2.35. The van der Waals surface area contributed by atoms with Crippen LogP contribution in [0.3, 0.4) is 0 Å². The van der Waals surface area contributed by atoms with E-state index in [4.69, 9.17) is 15.2 Å². The number of amides is 2. The van der Waals surface area contributed by atoms with Gasteiger partial charge in [0.15, 0.2) is 0 Å². The molecule has 1 heterocycles. The highest BCUT2D eigenvalue weighted by Gasteiger charge is 2.44. The number of methoxy groups -OCH3 is 2. The molecule has 2 aromatic rings. The Hall–Kier alpha value is -2.86. The number of rotatable bonds is 8. The number of hydrogen-bond donors (Lipinski definition) is 1. The number of benzene rings is 2. The zero-order valence-electron chi connectivity index (χ0n) is 17.0. The molecular formula is C23H28N2O4. The summed E-state index contributed by atoms with van der Waals surface area (Å²) in [6.07, 6.45) is 1.41. The van der Waals surface area contributed by atoms with Crippen molar-refractivity contribution < 1.29 is 19.1 Å². The molecule has 2 amide bonds. The summed E-state index contributed by atoms with van der Waals surface area (Å²) in [5.41, 5.74) is 8.14. The fourth-order valence-corrected chi connectivity index (χ4v) is 3.94. The van der Waals surface area contributed by atoms with Gasteiger partial charge in [0.1, 0.15) is 5.75 Å². The van der Waals surface area contributed by atoms with Gasteiger partial charge in [-0.05, 0) is 30.0 Å². The first-order chi connectivity index (χ1) is 14.0. The third kappa shape index (κ3) is 4.59. The number of primary amides is 1. The Balaban J connectivity index is 1.75. The number of carbonyl (C=O) groups is 2. The molecule has 1 aliphatic heterocycles. The maximum Gasteiger partial charge on any atom is 0.225 e. The van der Waals surface area contributed by atoms with Crippen molar-refractivity contribution in [2.45, 2.75) is 19.3 Å². The summed E-state index contributed by atoms with van der Waals surface area (Å²) in [6, 6.07) is 15.9. The van der Waals surface area contributed by atoms with E-state index in [1.54, 1.807) is 19.1 Å². The Bertz CT molecular complexity index is 865. The molecule has 29 heavy (non-hydrogen) atoms. The van der Waals surface area contributed by atoms with E-state index in [2.05, 4.69) is 0 Å². The van der Waals surface area contributed by atoms with Gasteiger partial charge in [-0.2, -0.15) is 0 Å². The Morgan fingerprint density at radius 1 is 1.10 bits per heavy atom. The van der Waals surface area contributed by atoms with Crippen LogP contribution in [0.15, 0.2) is 48.5 Å². The lowest BCUT2D eigenvalue weighted by Gasteiger charge is -2.26. The third-order valence-corrected chi connectivity index (χ3v) is 5.66. The molecule has 0 aromatic heterocycles. The van der Waals surface area contributed by atoms with Gasteiger partial charge in [-0.3, -0.25) is 9.59 Å². The van der Waals surface area contributed by atoms with Crippen molar-refractivity contribution in [3.05, 3.63) is 54.1 Å². The molecule has 0 unspecified atom stereocenters. The van der Waals surface area contributed by atoms with Crippen molar-refractivity contribution in [2.24, 2.45) is 11.1 Å². The maximum absolute atomic E-state index is 12.3. The van der Waals surface area contributed by atoms with Crippen molar-refractivity contribution >= 4 is 11.8 Å². The molecule has 154 valence electrons. The van der Waals surface area contributed by atoms with E-state index >= 15 is 0 Å². The molecule has 0 aliphatic carbocycles. The first-order valence-electron chi connectivity index (χ1n) is 9.78. The van der Waals surface area contributed by atoms with E-state index in [0.29, 0.717) is 39.0 Å². The minimum absolute atomic E-state index is 0.00138. The number of nitrogens with two attached hydrogens (primary N) is 1. The van der Waals surface area contributed by atoms with Gasteiger partial charge in [-0.25, -0.2) is 0 Å². The van der Waals surface area contributed by atoms with Gasteiger partial charge in [0.25, 0.3) is 0 Å². The van der Waals surface area contributed by atoms with Gasteiger partial charge in [0.05, 0.1) is 25.6 Å². The number of carbonyl (C=O) groups excluding carboxylic acids is 2. The van der Waals surface area contributed by atoms with Gasteiger partial charge in [-0.1, -0.05) is 42.5 Å².